The van der Waals surface area contributed by atoms with Crippen molar-refractivity contribution in [3.8, 4) is 5.75 Å². The number of carbonyl (C=O) groups is 1. The quantitative estimate of drug-likeness (QED) is 0.882. The predicted molar refractivity (Wildman–Crippen MR) is 83.6 cm³/mol. The first-order valence-corrected chi connectivity index (χ1v) is 7.91. The molecule has 1 aromatic rings. The number of ether oxygens (including phenoxy) is 1. The molecule has 3 atom stereocenters. The van der Waals surface area contributed by atoms with Crippen molar-refractivity contribution in [3.05, 3.63) is 29.3 Å². The topological polar surface area (TPSA) is 46.5 Å². The van der Waals surface area contributed by atoms with Crippen LogP contribution in [0, 0.1) is 28.9 Å². The van der Waals surface area contributed by atoms with Gasteiger partial charge < -0.3 is 9.84 Å². The van der Waals surface area contributed by atoms with Gasteiger partial charge in [-0.3, -0.25) is 4.79 Å². The van der Waals surface area contributed by atoms with Gasteiger partial charge >= 0.3 is 5.97 Å². The first-order valence-electron chi connectivity index (χ1n) is 7.91. The number of carboxylic acid groups (broad SMARTS) is 1. The second-order valence-electron chi connectivity index (χ2n) is 7.41. The number of hydrogen-bond donors (Lipinski definition) is 1. The van der Waals surface area contributed by atoms with Gasteiger partial charge in [0.2, 0.25) is 5.82 Å². The lowest BCUT2D eigenvalue weighted by molar-refractivity contribution is -0.144. The minimum Gasteiger partial charge on any atom is -0.493 e. The van der Waals surface area contributed by atoms with E-state index in [1.54, 1.807) is 0 Å². The zero-order valence-corrected chi connectivity index (χ0v) is 14.0. The Morgan fingerprint density at radius 1 is 1.26 bits per heavy atom. The number of aliphatic carboxylic acids is 1. The zero-order chi connectivity index (χ0) is 17.4. The fraction of sp³-hybridized carbons (Fsp3) is 0.611. The molecule has 0 aromatic heterocycles. The first-order chi connectivity index (χ1) is 10.7. The molecule has 0 spiro atoms. The van der Waals surface area contributed by atoms with E-state index in [2.05, 4.69) is 20.8 Å². The summed E-state index contributed by atoms with van der Waals surface area (Å²) in [4.78, 5) is 11.6. The van der Waals surface area contributed by atoms with Crippen molar-refractivity contribution in [2.75, 3.05) is 7.11 Å². The molecule has 1 aliphatic rings. The molecule has 2 rings (SSSR count). The Morgan fingerprint density at radius 2 is 1.91 bits per heavy atom. The molecule has 1 N–H and O–H groups in total. The van der Waals surface area contributed by atoms with Crippen molar-refractivity contribution < 1.29 is 23.4 Å². The van der Waals surface area contributed by atoms with Crippen molar-refractivity contribution in [1.29, 1.82) is 0 Å². The first kappa shape index (κ1) is 17.7. The number of rotatable bonds is 3. The normalized spacial score (nSPS) is 25.2. The van der Waals surface area contributed by atoms with E-state index in [0.717, 1.165) is 12.5 Å². The Hall–Kier alpha value is -1.65. The number of carboxylic acids is 1. The third-order valence-electron chi connectivity index (χ3n) is 5.08. The van der Waals surface area contributed by atoms with Crippen LogP contribution >= 0.6 is 0 Å². The number of benzene rings is 1. The summed E-state index contributed by atoms with van der Waals surface area (Å²) in [5, 5.41) is 9.54. The molecule has 1 aromatic carbocycles. The predicted octanol–water partition coefficient (Wildman–Crippen LogP) is 4.60. The summed E-state index contributed by atoms with van der Waals surface area (Å²) in [5.41, 5.74) is 0.487. The number of halogens is 2. The van der Waals surface area contributed by atoms with Gasteiger partial charge in [0.25, 0.3) is 0 Å². The highest BCUT2D eigenvalue weighted by Crippen LogP contribution is 2.49. The largest absolute Gasteiger partial charge is 0.493 e. The highest BCUT2D eigenvalue weighted by molar-refractivity contribution is 5.72. The molecule has 0 aliphatic heterocycles. The fourth-order valence-electron chi connectivity index (χ4n) is 3.64. The second-order valence-corrected chi connectivity index (χ2v) is 7.41. The van der Waals surface area contributed by atoms with Crippen LogP contribution in [0.1, 0.15) is 51.5 Å². The van der Waals surface area contributed by atoms with E-state index in [-0.39, 0.29) is 17.1 Å². The molecule has 1 fully saturated rings. The smallest absolute Gasteiger partial charge is 0.307 e. The van der Waals surface area contributed by atoms with Crippen LogP contribution in [0.25, 0.3) is 0 Å². The van der Waals surface area contributed by atoms with E-state index < -0.39 is 23.5 Å². The molecule has 1 saturated carbocycles. The highest BCUT2D eigenvalue weighted by atomic mass is 19.2. The van der Waals surface area contributed by atoms with Gasteiger partial charge in [0, 0.05) is 11.5 Å². The van der Waals surface area contributed by atoms with Crippen LogP contribution in [-0.2, 0) is 4.79 Å². The van der Waals surface area contributed by atoms with Crippen molar-refractivity contribution in [2.24, 2.45) is 17.3 Å². The Bertz CT molecular complexity index is 593. The van der Waals surface area contributed by atoms with Crippen LogP contribution in [0.3, 0.4) is 0 Å². The van der Waals surface area contributed by atoms with Crippen LogP contribution in [0.5, 0.6) is 5.75 Å². The highest BCUT2D eigenvalue weighted by Gasteiger charge is 2.41. The van der Waals surface area contributed by atoms with Crippen LogP contribution in [0.2, 0.25) is 0 Å². The molecule has 3 nitrogen and oxygen atoms in total. The average molecular weight is 326 g/mol. The lowest BCUT2D eigenvalue weighted by Crippen LogP contribution is -2.34. The average Bonchev–Trinajstić information content (AvgIpc) is 2.48. The molecular formula is C18H24F2O3. The van der Waals surface area contributed by atoms with Gasteiger partial charge in [-0.1, -0.05) is 26.8 Å². The SMILES string of the molecule is COc1c(C2CC(C(C)(C)C)CCC2C(=O)O)ccc(F)c1F. The lowest BCUT2D eigenvalue weighted by Gasteiger charge is -2.41. The molecule has 3 unspecified atom stereocenters. The van der Waals surface area contributed by atoms with Gasteiger partial charge in [-0.2, -0.15) is 4.39 Å². The standard InChI is InChI=1S/C18H24F2O3/c1-18(2,3)10-5-6-12(17(21)22)13(9-10)11-7-8-14(19)15(20)16(11)23-4/h7-8,10,12-13H,5-6,9H2,1-4H3,(H,21,22). The van der Waals surface area contributed by atoms with Crippen molar-refractivity contribution in [2.45, 2.75) is 46.0 Å². The van der Waals surface area contributed by atoms with Crippen LogP contribution in [0.15, 0.2) is 12.1 Å². The maximum atomic E-state index is 14.0. The molecule has 1 aliphatic carbocycles. The molecule has 0 amide bonds. The summed E-state index contributed by atoms with van der Waals surface area (Å²) in [6, 6.07) is 2.51. The second kappa shape index (κ2) is 6.46. The van der Waals surface area contributed by atoms with Gasteiger partial charge in [0.05, 0.1) is 13.0 Å². The van der Waals surface area contributed by atoms with Crippen LogP contribution in [-0.4, -0.2) is 18.2 Å². The molecule has 23 heavy (non-hydrogen) atoms. The van der Waals surface area contributed by atoms with E-state index in [1.165, 1.54) is 13.2 Å². The Kier molecular flexibility index (Phi) is 4.97. The maximum absolute atomic E-state index is 14.0. The molecule has 0 heterocycles. The van der Waals surface area contributed by atoms with Crippen LogP contribution < -0.4 is 4.74 Å². The minimum atomic E-state index is -1.05. The molecular weight excluding hydrogens is 302 g/mol. The summed E-state index contributed by atoms with van der Waals surface area (Å²) in [6.07, 6.45) is 1.98. The van der Waals surface area contributed by atoms with Crippen molar-refractivity contribution in [3.63, 3.8) is 0 Å². The Morgan fingerprint density at radius 3 is 2.43 bits per heavy atom. The Balaban J connectivity index is 2.47. The third kappa shape index (κ3) is 3.48. The summed E-state index contributed by atoms with van der Waals surface area (Å²) in [7, 11) is 1.28. The van der Waals surface area contributed by atoms with E-state index in [4.69, 9.17) is 4.74 Å². The third-order valence-corrected chi connectivity index (χ3v) is 5.08. The van der Waals surface area contributed by atoms with Gasteiger partial charge in [0.15, 0.2) is 11.6 Å². The fourth-order valence-corrected chi connectivity index (χ4v) is 3.64. The van der Waals surface area contributed by atoms with E-state index in [9.17, 15) is 18.7 Å². The molecule has 0 bridgehead atoms. The summed E-state index contributed by atoms with van der Waals surface area (Å²) >= 11 is 0. The minimum absolute atomic E-state index is 0.0353. The summed E-state index contributed by atoms with van der Waals surface area (Å²) in [5.74, 6) is -3.76. The van der Waals surface area contributed by atoms with Crippen LogP contribution in [0.4, 0.5) is 8.78 Å². The van der Waals surface area contributed by atoms with Gasteiger partial charge in [-0.15, -0.1) is 0 Å². The van der Waals surface area contributed by atoms with Gasteiger partial charge in [-0.25, -0.2) is 4.39 Å². The zero-order valence-electron chi connectivity index (χ0n) is 14.0. The van der Waals surface area contributed by atoms with E-state index >= 15 is 0 Å². The van der Waals surface area contributed by atoms with Gasteiger partial charge in [0.1, 0.15) is 0 Å². The van der Waals surface area contributed by atoms with Crippen molar-refractivity contribution >= 4 is 5.97 Å². The lowest BCUT2D eigenvalue weighted by atomic mass is 9.64. The Labute approximate surface area is 135 Å². The number of methoxy groups -OCH3 is 1. The molecule has 128 valence electrons. The van der Waals surface area contributed by atoms with Crippen molar-refractivity contribution in [1.82, 2.24) is 0 Å². The molecule has 0 radical (unpaired) electrons. The van der Waals surface area contributed by atoms with Gasteiger partial charge in [-0.05, 0) is 36.7 Å². The summed E-state index contributed by atoms with van der Waals surface area (Å²) in [6.45, 7) is 6.37. The van der Waals surface area contributed by atoms with E-state index in [1.807, 2.05) is 0 Å². The molecule has 5 heteroatoms. The molecule has 0 saturated heterocycles. The summed E-state index contributed by atoms with van der Waals surface area (Å²) < 4.78 is 32.5. The maximum Gasteiger partial charge on any atom is 0.307 e. The van der Waals surface area contributed by atoms with E-state index in [0.29, 0.717) is 24.3 Å². The number of hydrogen-bond acceptors (Lipinski definition) is 2. The monoisotopic (exact) mass is 326 g/mol.